The zero-order valence-corrected chi connectivity index (χ0v) is 27.9. The maximum absolute atomic E-state index is 12.1. The topological polar surface area (TPSA) is 63.2 Å². The molecule has 44 heavy (non-hydrogen) atoms. The van der Waals surface area contributed by atoms with Crippen molar-refractivity contribution in [3.63, 3.8) is 0 Å². The van der Waals surface area contributed by atoms with Gasteiger partial charge in [0.05, 0.1) is 32.0 Å². The van der Waals surface area contributed by atoms with Crippen molar-refractivity contribution in [1.29, 1.82) is 0 Å². The molecule has 7 heteroatoms. The standard InChI is InChI=1S/C37H48O6Si/c1-28-34(41-29(2)38)24-37(43-35(28)27-39-25-30-16-9-6-10-17-30)23-15-18-31(42-37)26-40-44(36(3,4)5,32-19-11-7-12-20-32)33-21-13-8-14-22-33/h6-14,16-17,19-22,28,31,34-35H,15,18,23-27H2,1-5H3/t28-,31+,34-,35-,37-/m0/s1. The first-order valence-electron chi connectivity index (χ1n) is 16.0. The van der Waals surface area contributed by atoms with Crippen LogP contribution in [0.15, 0.2) is 91.0 Å². The second kappa shape index (κ2) is 14.1. The Morgan fingerprint density at radius 2 is 1.48 bits per heavy atom. The minimum Gasteiger partial charge on any atom is -0.462 e. The Hall–Kier alpha value is -2.81. The zero-order valence-electron chi connectivity index (χ0n) is 26.9. The van der Waals surface area contributed by atoms with Crippen LogP contribution < -0.4 is 10.4 Å². The number of benzene rings is 3. The van der Waals surface area contributed by atoms with E-state index in [-0.39, 0.29) is 35.2 Å². The number of carbonyl (C=O) groups excluding carboxylic acids is 1. The van der Waals surface area contributed by atoms with E-state index in [0.717, 1.165) is 24.8 Å². The molecule has 5 rings (SSSR count). The van der Waals surface area contributed by atoms with E-state index in [9.17, 15) is 4.79 Å². The molecule has 0 aromatic heterocycles. The highest BCUT2D eigenvalue weighted by atomic mass is 28.4. The van der Waals surface area contributed by atoms with Crippen molar-refractivity contribution in [2.45, 2.75) is 96.0 Å². The van der Waals surface area contributed by atoms with Crippen LogP contribution in [-0.2, 0) is 34.8 Å². The summed E-state index contributed by atoms with van der Waals surface area (Å²) in [6.45, 7) is 11.8. The summed E-state index contributed by atoms with van der Waals surface area (Å²) in [5, 5.41) is 2.37. The summed E-state index contributed by atoms with van der Waals surface area (Å²) in [6, 6.07) is 31.5. The van der Waals surface area contributed by atoms with E-state index in [2.05, 4.69) is 100 Å². The van der Waals surface area contributed by atoms with Crippen molar-refractivity contribution in [3.05, 3.63) is 96.6 Å². The smallest absolute Gasteiger partial charge is 0.302 e. The lowest BCUT2D eigenvalue weighted by Crippen LogP contribution is -2.67. The minimum absolute atomic E-state index is 0.0300. The minimum atomic E-state index is -2.71. The summed E-state index contributed by atoms with van der Waals surface area (Å²) in [5.41, 5.74) is 1.11. The van der Waals surface area contributed by atoms with E-state index >= 15 is 0 Å². The number of hydrogen-bond donors (Lipinski definition) is 0. The molecule has 2 fully saturated rings. The Labute approximate surface area is 264 Å². The maximum atomic E-state index is 12.1. The van der Waals surface area contributed by atoms with Crippen molar-refractivity contribution in [1.82, 2.24) is 0 Å². The molecule has 2 heterocycles. The average Bonchev–Trinajstić information content (AvgIpc) is 3.01. The maximum Gasteiger partial charge on any atom is 0.302 e. The lowest BCUT2D eigenvalue weighted by molar-refractivity contribution is -0.344. The van der Waals surface area contributed by atoms with Crippen LogP contribution in [0.4, 0.5) is 0 Å². The van der Waals surface area contributed by atoms with Gasteiger partial charge in [-0.25, -0.2) is 0 Å². The molecule has 5 atom stereocenters. The molecule has 0 radical (unpaired) electrons. The Kier molecular flexibility index (Phi) is 10.4. The molecule has 0 aliphatic carbocycles. The van der Waals surface area contributed by atoms with E-state index in [1.165, 1.54) is 17.3 Å². The molecule has 236 valence electrons. The largest absolute Gasteiger partial charge is 0.462 e. The molecule has 0 unspecified atom stereocenters. The highest BCUT2D eigenvalue weighted by molar-refractivity contribution is 6.99. The summed E-state index contributed by atoms with van der Waals surface area (Å²) in [7, 11) is -2.71. The lowest BCUT2D eigenvalue weighted by Gasteiger charge is -2.50. The monoisotopic (exact) mass is 616 g/mol. The van der Waals surface area contributed by atoms with E-state index < -0.39 is 14.1 Å². The Morgan fingerprint density at radius 3 is 2.05 bits per heavy atom. The molecule has 0 bridgehead atoms. The summed E-state index contributed by atoms with van der Waals surface area (Å²) in [4.78, 5) is 12.1. The third-order valence-electron chi connectivity index (χ3n) is 9.13. The molecule has 0 N–H and O–H groups in total. The first kappa shape index (κ1) is 32.6. The Balaban J connectivity index is 1.36. The van der Waals surface area contributed by atoms with Gasteiger partial charge in [0.25, 0.3) is 8.32 Å². The molecule has 6 nitrogen and oxygen atoms in total. The number of esters is 1. The van der Waals surface area contributed by atoms with E-state index in [1.807, 2.05) is 18.2 Å². The van der Waals surface area contributed by atoms with Gasteiger partial charge in [0.2, 0.25) is 0 Å². The van der Waals surface area contributed by atoms with Gasteiger partial charge in [0.1, 0.15) is 6.10 Å². The fraction of sp³-hybridized carbons (Fsp3) is 0.486. The number of hydrogen-bond acceptors (Lipinski definition) is 6. The highest BCUT2D eigenvalue weighted by Crippen LogP contribution is 2.43. The molecule has 2 saturated heterocycles. The van der Waals surface area contributed by atoms with E-state index in [4.69, 9.17) is 23.4 Å². The summed E-state index contributed by atoms with van der Waals surface area (Å²) >= 11 is 0. The Morgan fingerprint density at radius 1 is 0.886 bits per heavy atom. The predicted molar refractivity (Wildman–Crippen MR) is 175 cm³/mol. The van der Waals surface area contributed by atoms with Gasteiger partial charge < -0.3 is 23.4 Å². The van der Waals surface area contributed by atoms with Gasteiger partial charge in [-0.05, 0) is 33.8 Å². The van der Waals surface area contributed by atoms with Crippen molar-refractivity contribution < 1.29 is 28.2 Å². The van der Waals surface area contributed by atoms with Crippen molar-refractivity contribution in [2.75, 3.05) is 13.2 Å². The molecule has 3 aromatic carbocycles. The van der Waals surface area contributed by atoms with Crippen LogP contribution in [0.1, 0.15) is 65.9 Å². The number of carbonyl (C=O) groups is 1. The molecule has 2 aliphatic heterocycles. The molecule has 0 amide bonds. The first-order valence-corrected chi connectivity index (χ1v) is 17.9. The Bertz CT molecular complexity index is 1290. The van der Waals surface area contributed by atoms with Crippen LogP contribution >= 0.6 is 0 Å². The van der Waals surface area contributed by atoms with E-state index in [1.54, 1.807) is 0 Å². The number of ether oxygens (including phenoxy) is 4. The third kappa shape index (κ3) is 7.35. The summed E-state index contributed by atoms with van der Waals surface area (Å²) in [6.07, 6.45) is 2.32. The quantitative estimate of drug-likeness (QED) is 0.194. The van der Waals surface area contributed by atoms with Gasteiger partial charge >= 0.3 is 5.97 Å². The molecule has 0 saturated carbocycles. The summed E-state index contributed by atoms with van der Waals surface area (Å²) < 4.78 is 32.9. The van der Waals surface area contributed by atoms with Gasteiger partial charge in [-0.3, -0.25) is 4.79 Å². The van der Waals surface area contributed by atoms with Crippen molar-refractivity contribution in [2.24, 2.45) is 5.92 Å². The normalized spacial score (nSPS) is 25.9. The second-order valence-corrected chi connectivity index (χ2v) is 17.7. The lowest BCUT2D eigenvalue weighted by atomic mass is 9.85. The molecule has 1 spiro atoms. The first-order chi connectivity index (χ1) is 21.1. The van der Waals surface area contributed by atoms with E-state index in [0.29, 0.717) is 26.2 Å². The highest BCUT2D eigenvalue weighted by Gasteiger charge is 2.53. The van der Waals surface area contributed by atoms with Crippen LogP contribution in [0.2, 0.25) is 5.04 Å². The predicted octanol–water partition coefficient (Wildman–Crippen LogP) is 6.40. The fourth-order valence-corrected chi connectivity index (χ4v) is 11.5. The van der Waals surface area contributed by atoms with Gasteiger partial charge in [-0.2, -0.15) is 0 Å². The van der Waals surface area contributed by atoms with Crippen LogP contribution in [0.25, 0.3) is 0 Å². The number of rotatable bonds is 10. The van der Waals surface area contributed by atoms with Gasteiger partial charge in [0, 0.05) is 25.7 Å². The second-order valence-electron chi connectivity index (χ2n) is 13.4. The van der Waals surface area contributed by atoms with Gasteiger partial charge in [-0.15, -0.1) is 0 Å². The van der Waals surface area contributed by atoms with Gasteiger partial charge in [0.15, 0.2) is 5.79 Å². The molecular weight excluding hydrogens is 568 g/mol. The fourth-order valence-electron chi connectivity index (χ4n) is 6.93. The zero-order chi connectivity index (χ0) is 31.2. The molecule has 3 aromatic rings. The van der Waals surface area contributed by atoms with Crippen LogP contribution in [0.3, 0.4) is 0 Å². The third-order valence-corrected chi connectivity index (χ3v) is 14.1. The van der Waals surface area contributed by atoms with Crippen LogP contribution in [0.5, 0.6) is 0 Å². The van der Waals surface area contributed by atoms with Crippen molar-refractivity contribution in [3.8, 4) is 0 Å². The van der Waals surface area contributed by atoms with Gasteiger partial charge in [-0.1, -0.05) is 119 Å². The molecular formula is C37H48O6Si. The van der Waals surface area contributed by atoms with Crippen LogP contribution in [-0.4, -0.2) is 51.6 Å². The van der Waals surface area contributed by atoms with Crippen LogP contribution in [0, 0.1) is 5.92 Å². The molecule has 2 aliphatic rings. The SMILES string of the molecule is CC(=O)O[C@H]1C[C@]2(CCC[C@H](CO[Si](c3ccccc3)(c3ccccc3)C(C)(C)C)O2)O[C@@H](COCc2ccccc2)[C@H]1C. The average molecular weight is 617 g/mol. The summed E-state index contributed by atoms with van der Waals surface area (Å²) in [5.74, 6) is -1.17. The van der Waals surface area contributed by atoms with Crippen molar-refractivity contribution >= 4 is 24.7 Å².